The lowest BCUT2D eigenvalue weighted by molar-refractivity contribution is -0.266. The second-order valence-corrected chi connectivity index (χ2v) is 10.1. The molecule has 6 rings (SSSR count). The Hall–Kier alpha value is -1.87. The average molecular weight is 439 g/mol. The third kappa shape index (κ3) is 3.69. The van der Waals surface area contributed by atoms with Crippen LogP contribution in [0.1, 0.15) is 55.4 Å². The van der Waals surface area contributed by atoms with Crippen LogP contribution in [-0.2, 0) is 0 Å². The maximum Gasteiger partial charge on any atom is 0.417 e. The molecule has 1 aromatic heterocycles. The molecule has 3 N–H and O–H groups in total. The molecule has 0 aromatic carbocycles. The summed E-state index contributed by atoms with van der Waals surface area (Å²) < 4.78 is 39.1. The first-order valence-corrected chi connectivity index (χ1v) is 11.1. The summed E-state index contributed by atoms with van der Waals surface area (Å²) in [5, 5.41) is 23.7. The van der Waals surface area contributed by atoms with Crippen molar-refractivity contribution in [2.24, 2.45) is 17.8 Å². The topological polar surface area (TPSA) is 85.7 Å². The van der Waals surface area contributed by atoms with Crippen LogP contribution in [-0.4, -0.2) is 57.6 Å². The number of aliphatic hydroxyl groups is 2. The highest BCUT2D eigenvalue weighted by atomic mass is 19.4. The molecule has 2 unspecified atom stereocenters. The van der Waals surface area contributed by atoms with Crippen LogP contribution in [0, 0.1) is 17.8 Å². The van der Waals surface area contributed by atoms with Crippen LogP contribution in [0.25, 0.3) is 0 Å². The van der Waals surface area contributed by atoms with Gasteiger partial charge < -0.3 is 20.4 Å². The fraction of sp³-hybridized carbons (Fsp3) is 0.727. The van der Waals surface area contributed by atoms with Crippen molar-refractivity contribution >= 4 is 11.7 Å². The van der Waals surface area contributed by atoms with Crippen molar-refractivity contribution < 1.29 is 28.2 Å². The highest BCUT2D eigenvalue weighted by molar-refractivity contribution is 5.93. The van der Waals surface area contributed by atoms with Crippen molar-refractivity contribution in [1.82, 2.24) is 10.3 Å². The number of halogens is 3. The number of carbonyl (C=O) groups is 1. The molecule has 6 nitrogen and oxygen atoms in total. The Balaban J connectivity index is 1.25. The minimum Gasteiger partial charge on any atom is -0.390 e. The number of rotatable bonds is 3. The number of anilines is 1. The summed E-state index contributed by atoms with van der Waals surface area (Å²) in [6.45, 7) is 0.0294. The van der Waals surface area contributed by atoms with Crippen molar-refractivity contribution in [3.63, 3.8) is 0 Å². The van der Waals surface area contributed by atoms with Gasteiger partial charge in [-0.25, -0.2) is 4.98 Å². The number of carbonyl (C=O) groups excluding carboxylic acids is 1. The van der Waals surface area contributed by atoms with Crippen molar-refractivity contribution in [3.8, 4) is 0 Å². The lowest BCUT2D eigenvalue weighted by Gasteiger charge is -2.58. The second kappa shape index (κ2) is 7.07. The van der Waals surface area contributed by atoms with E-state index in [-0.39, 0.29) is 42.6 Å². The lowest BCUT2D eigenvalue weighted by Crippen LogP contribution is -2.61. The van der Waals surface area contributed by atoms with Crippen LogP contribution in [0.15, 0.2) is 18.2 Å². The van der Waals surface area contributed by atoms with E-state index in [1.165, 1.54) is 0 Å². The number of aromatic nitrogens is 1. The van der Waals surface area contributed by atoms with Gasteiger partial charge in [0.05, 0.1) is 5.60 Å². The Morgan fingerprint density at radius 1 is 1.10 bits per heavy atom. The van der Waals surface area contributed by atoms with E-state index in [1.807, 2.05) is 0 Å². The van der Waals surface area contributed by atoms with Crippen molar-refractivity contribution in [2.45, 2.75) is 68.4 Å². The summed E-state index contributed by atoms with van der Waals surface area (Å²) in [5.74, 6) is 1.27. The number of hydrogen-bond acceptors (Lipinski definition) is 5. The molecular formula is C22H28F3N3O3. The summed E-state index contributed by atoms with van der Waals surface area (Å²) in [5.41, 5.74) is -2.99. The van der Waals surface area contributed by atoms with Crippen molar-refractivity contribution in [1.29, 1.82) is 0 Å². The molecule has 2 heterocycles. The molecule has 4 bridgehead atoms. The van der Waals surface area contributed by atoms with Gasteiger partial charge in [0.1, 0.15) is 11.5 Å². The van der Waals surface area contributed by atoms with Gasteiger partial charge in [-0.1, -0.05) is 6.07 Å². The van der Waals surface area contributed by atoms with Gasteiger partial charge in [0, 0.05) is 32.0 Å². The third-order valence-corrected chi connectivity index (χ3v) is 7.95. The van der Waals surface area contributed by atoms with Crippen LogP contribution in [0.5, 0.6) is 0 Å². The Morgan fingerprint density at radius 3 is 2.32 bits per heavy atom. The van der Waals surface area contributed by atoms with Crippen molar-refractivity contribution in [3.05, 3.63) is 23.9 Å². The minimum atomic E-state index is -4.65. The van der Waals surface area contributed by atoms with Gasteiger partial charge in [0.25, 0.3) is 5.91 Å². The first-order valence-electron chi connectivity index (χ1n) is 11.1. The van der Waals surface area contributed by atoms with Crippen LogP contribution >= 0.6 is 0 Å². The highest BCUT2D eigenvalue weighted by Crippen LogP contribution is 2.55. The Bertz CT molecular complexity index is 853. The Morgan fingerprint density at radius 2 is 1.74 bits per heavy atom. The van der Waals surface area contributed by atoms with E-state index in [2.05, 4.69) is 10.3 Å². The summed E-state index contributed by atoms with van der Waals surface area (Å²) in [7, 11) is 0. The fourth-order valence-corrected chi connectivity index (χ4v) is 6.56. The van der Waals surface area contributed by atoms with E-state index in [1.54, 1.807) is 23.1 Å². The minimum absolute atomic E-state index is 0.0147. The summed E-state index contributed by atoms with van der Waals surface area (Å²) >= 11 is 0. The number of nitrogens with zero attached hydrogens (tertiary/aromatic N) is 2. The predicted molar refractivity (Wildman–Crippen MR) is 106 cm³/mol. The molecule has 0 spiro atoms. The Kier molecular flexibility index (Phi) is 4.79. The maximum absolute atomic E-state index is 13.0. The zero-order valence-electron chi connectivity index (χ0n) is 17.2. The molecule has 170 valence electrons. The summed E-state index contributed by atoms with van der Waals surface area (Å²) in [6, 6.07) is 5.00. The van der Waals surface area contributed by atoms with Gasteiger partial charge >= 0.3 is 6.18 Å². The number of pyridine rings is 1. The van der Waals surface area contributed by atoms with E-state index in [0.717, 1.165) is 32.1 Å². The molecule has 31 heavy (non-hydrogen) atoms. The molecule has 2 atom stereocenters. The van der Waals surface area contributed by atoms with Gasteiger partial charge in [0.15, 0.2) is 5.60 Å². The molecule has 5 aliphatic rings. The third-order valence-electron chi connectivity index (χ3n) is 7.95. The lowest BCUT2D eigenvalue weighted by atomic mass is 9.52. The molecule has 1 amide bonds. The molecule has 5 fully saturated rings. The molecule has 9 heteroatoms. The highest BCUT2D eigenvalue weighted by Gasteiger charge is 2.56. The van der Waals surface area contributed by atoms with E-state index in [0.29, 0.717) is 11.7 Å². The van der Waals surface area contributed by atoms with E-state index in [9.17, 15) is 28.2 Å². The zero-order valence-corrected chi connectivity index (χ0v) is 17.2. The number of amides is 1. The smallest absolute Gasteiger partial charge is 0.390 e. The first kappa shape index (κ1) is 21.0. The van der Waals surface area contributed by atoms with Crippen LogP contribution in [0.3, 0.4) is 0 Å². The first-order chi connectivity index (χ1) is 14.6. The van der Waals surface area contributed by atoms with Gasteiger partial charge in [-0.05, 0) is 62.0 Å². The monoisotopic (exact) mass is 439 g/mol. The summed E-state index contributed by atoms with van der Waals surface area (Å²) in [6.07, 6.45) is -1.10. The maximum atomic E-state index is 13.0. The molecule has 4 aliphatic carbocycles. The van der Waals surface area contributed by atoms with E-state index in [4.69, 9.17) is 0 Å². The molecule has 4 saturated carbocycles. The van der Waals surface area contributed by atoms with Gasteiger partial charge in [-0.15, -0.1) is 0 Å². The number of nitrogens with one attached hydrogen (secondary N) is 1. The van der Waals surface area contributed by atoms with E-state index >= 15 is 0 Å². The zero-order chi connectivity index (χ0) is 22.0. The largest absolute Gasteiger partial charge is 0.417 e. The summed E-state index contributed by atoms with van der Waals surface area (Å²) in [4.78, 5) is 19.0. The van der Waals surface area contributed by atoms with Gasteiger partial charge in [-0.2, -0.15) is 13.2 Å². The second-order valence-electron chi connectivity index (χ2n) is 10.1. The molecule has 0 radical (unpaired) electrons. The number of piperidine rings is 1. The van der Waals surface area contributed by atoms with Crippen LogP contribution in [0.2, 0.25) is 0 Å². The normalized spacial score (nSPS) is 36.5. The SMILES string of the molecule is O=C(N[C@H]1C2CC3CC1C[C@](O)(C3)C2)c1cccc(N2CCC(O)(C(F)(F)F)CC2)n1. The average Bonchev–Trinajstić information content (AvgIpc) is 2.69. The molecule has 1 aromatic rings. The number of hydrogen-bond donors (Lipinski definition) is 3. The van der Waals surface area contributed by atoms with Gasteiger partial charge in [-0.3, -0.25) is 4.79 Å². The van der Waals surface area contributed by atoms with Crippen molar-refractivity contribution in [2.75, 3.05) is 18.0 Å². The predicted octanol–water partition coefficient (Wildman–Crippen LogP) is 2.64. The number of alkyl halides is 3. The molecular weight excluding hydrogens is 411 g/mol. The van der Waals surface area contributed by atoms with Crippen LogP contribution < -0.4 is 10.2 Å². The quantitative estimate of drug-likeness (QED) is 0.674. The Labute approximate surface area is 178 Å². The standard InChI is InChI=1S/C22H28F3N3O3/c23-22(24,25)21(31)4-6-28(7-5-21)17-3-1-2-16(26-17)19(29)27-18-14-8-13-9-15(18)12-20(30,10-13)11-14/h1-3,13-15,18,30-31H,4-12H2,(H,27,29)/t13?,14?,15?,18-,20-. The molecule has 1 saturated heterocycles. The fourth-order valence-electron chi connectivity index (χ4n) is 6.56. The van der Waals surface area contributed by atoms with Gasteiger partial charge in [0.2, 0.25) is 0 Å². The van der Waals surface area contributed by atoms with E-state index < -0.39 is 30.2 Å². The molecule has 1 aliphatic heterocycles. The van der Waals surface area contributed by atoms with Crippen LogP contribution in [0.4, 0.5) is 19.0 Å².